The van der Waals surface area contributed by atoms with Crippen LogP contribution >= 0.6 is 0 Å². The summed E-state index contributed by atoms with van der Waals surface area (Å²) in [5.41, 5.74) is 6.70. The first-order valence-corrected chi connectivity index (χ1v) is 8.85. The molecule has 2 aromatic rings. The van der Waals surface area contributed by atoms with Crippen molar-refractivity contribution in [1.29, 1.82) is 0 Å². The molecule has 1 aliphatic heterocycles. The molecule has 0 radical (unpaired) electrons. The molecule has 1 saturated heterocycles. The van der Waals surface area contributed by atoms with Crippen LogP contribution in [-0.4, -0.2) is 24.6 Å². The zero-order valence-electron chi connectivity index (χ0n) is 15.1. The summed E-state index contributed by atoms with van der Waals surface area (Å²) in [5, 5.41) is 4.02. The predicted octanol–water partition coefficient (Wildman–Crippen LogP) is 3.06. The number of hydrazone groups is 1. The summed E-state index contributed by atoms with van der Waals surface area (Å²) in [6, 6.07) is 15.8. The molecule has 3 rings (SSSR count). The van der Waals surface area contributed by atoms with Crippen LogP contribution in [0.5, 0.6) is 0 Å². The molecule has 5 heteroatoms. The van der Waals surface area contributed by atoms with E-state index in [0.717, 1.165) is 23.2 Å². The smallest absolute Gasteiger partial charge is 0.245 e. The summed E-state index contributed by atoms with van der Waals surface area (Å²) in [7, 11) is 0. The average Bonchev–Trinajstić information content (AvgIpc) is 3.05. The molecule has 0 saturated carbocycles. The van der Waals surface area contributed by atoms with Gasteiger partial charge in [-0.15, -0.1) is 0 Å². The van der Waals surface area contributed by atoms with Crippen LogP contribution < -0.4 is 10.3 Å². The van der Waals surface area contributed by atoms with E-state index in [9.17, 15) is 9.59 Å². The normalized spacial score (nSPS) is 17.1. The Morgan fingerprint density at radius 1 is 1.19 bits per heavy atom. The summed E-state index contributed by atoms with van der Waals surface area (Å²) in [5.74, 6) is -0.647. The van der Waals surface area contributed by atoms with Crippen LogP contribution in [0.3, 0.4) is 0 Å². The van der Waals surface area contributed by atoms with E-state index >= 15 is 0 Å². The zero-order chi connectivity index (χ0) is 18.5. The summed E-state index contributed by atoms with van der Waals surface area (Å²) < 4.78 is 0. The number of benzene rings is 2. The van der Waals surface area contributed by atoms with Crippen molar-refractivity contribution in [3.05, 3.63) is 65.2 Å². The van der Waals surface area contributed by atoms with Gasteiger partial charge in [-0.25, -0.2) is 5.43 Å². The number of anilines is 1. The summed E-state index contributed by atoms with van der Waals surface area (Å²) >= 11 is 0. The van der Waals surface area contributed by atoms with Crippen LogP contribution in [-0.2, 0) is 16.0 Å². The van der Waals surface area contributed by atoms with Crippen LogP contribution in [0.25, 0.3) is 0 Å². The van der Waals surface area contributed by atoms with Crippen LogP contribution in [0.1, 0.15) is 30.0 Å². The number of hydrogen-bond donors (Lipinski definition) is 1. The zero-order valence-corrected chi connectivity index (χ0v) is 15.1. The maximum absolute atomic E-state index is 12.3. The van der Waals surface area contributed by atoms with Crippen molar-refractivity contribution in [2.75, 3.05) is 11.4 Å². The number of nitrogens with zero attached hydrogens (tertiary/aromatic N) is 2. The number of aryl methyl sites for hydroxylation is 2. The summed E-state index contributed by atoms with van der Waals surface area (Å²) in [6.45, 7) is 4.49. The molecular formula is C21H23N3O2. The van der Waals surface area contributed by atoms with E-state index in [-0.39, 0.29) is 24.2 Å². The molecule has 26 heavy (non-hydrogen) atoms. The second-order valence-electron chi connectivity index (χ2n) is 6.57. The van der Waals surface area contributed by atoms with E-state index < -0.39 is 0 Å². The SMILES string of the molecule is CCc1ccc(C=NNC(=O)[C@@H]2CC(=O)N(c3ccc(C)cc3)C2)cc1. The first-order chi connectivity index (χ1) is 12.6. The summed E-state index contributed by atoms with van der Waals surface area (Å²) in [4.78, 5) is 26.2. The highest BCUT2D eigenvalue weighted by Crippen LogP contribution is 2.25. The highest BCUT2D eigenvalue weighted by Gasteiger charge is 2.35. The minimum absolute atomic E-state index is 0.0341. The lowest BCUT2D eigenvalue weighted by Gasteiger charge is -2.16. The fourth-order valence-corrected chi connectivity index (χ4v) is 2.96. The van der Waals surface area contributed by atoms with Crippen LogP contribution in [0, 0.1) is 12.8 Å². The minimum Gasteiger partial charge on any atom is -0.312 e. The molecule has 0 bridgehead atoms. The van der Waals surface area contributed by atoms with Crippen molar-refractivity contribution in [1.82, 2.24) is 5.43 Å². The number of amides is 2. The molecule has 1 N–H and O–H groups in total. The quantitative estimate of drug-likeness (QED) is 0.666. The Morgan fingerprint density at radius 3 is 2.54 bits per heavy atom. The van der Waals surface area contributed by atoms with E-state index in [1.54, 1.807) is 11.1 Å². The number of rotatable bonds is 5. The predicted molar refractivity (Wildman–Crippen MR) is 103 cm³/mol. The monoisotopic (exact) mass is 349 g/mol. The maximum atomic E-state index is 12.3. The van der Waals surface area contributed by atoms with E-state index in [1.807, 2.05) is 55.5 Å². The molecule has 1 aliphatic rings. The second kappa shape index (κ2) is 7.95. The molecular weight excluding hydrogens is 326 g/mol. The fraction of sp³-hybridized carbons (Fsp3) is 0.286. The lowest BCUT2D eigenvalue weighted by atomic mass is 10.1. The lowest BCUT2D eigenvalue weighted by Crippen LogP contribution is -2.30. The van der Waals surface area contributed by atoms with Crippen molar-refractivity contribution in [3.8, 4) is 0 Å². The van der Waals surface area contributed by atoms with Crippen molar-refractivity contribution < 1.29 is 9.59 Å². The molecule has 1 heterocycles. The molecule has 0 spiro atoms. The number of carbonyl (C=O) groups is 2. The topological polar surface area (TPSA) is 61.8 Å². The minimum atomic E-state index is -0.386. The Balaban J connectivity index is 1.57. The summed E-state index contributed by atoms with van der Waals surface area (Å²) in [6.07, 6.45) is 2.81. The highest BCUT2D eigenvalue weighted by atomic mass is 16.2. The first kappa shape index (κ1) is 17.9. The number of nitrogens with one attached hydrogen (secondary N) is 1. The van der Waals surface area contributed by atoms with Gasteiger partial charge < -0.3 is 4.90 Å². The van der Waals surface area contributed by atoms with E-state index in [2.05, 4.69) is 17.5 Å². The van der Waals surface area contributed by atoms with Crippen molar-refractivity contribution >= 4 is 23.7 Å². The first-order valence-electron chi connectivity index (χ1n) is 8.85. The molecule has 5 nitrogen and oxygen atoms in total. The van der Waals surface area contributed by atoms with Gasteiger partial charge in [0.1, 0.15) is 0 Å². The maximum Gasteiger partial charge on any atom is 0.245 e. The van der Waals surface area contributed by atoms with Gasteiger partial charge >= 0.3 is 0 Å². The Hall–Kier alpha value is -2.95. The molecule has 134 valence electrons. The molecule has 2 aromatic carbocycles. The largest absolute Gasteiger partial charge is 0.312 e. The Bertz CT molecular complexity index is 810. The highest BCUT2D eigenvalue weighted by molar-refractivity contribution is 6.00. The molecule has 0 aromatic heterocycles. The fourth-order valence-electron chi connectivity index (χ4n) is 2.96. The van der Waals surface area contributed by atoms with Crippen molar-refractivity contribution in [3.63, 3.8) is 0 Å². The molecule has 0 aliphatic carbocycles. The van der Waals surface area contributed by atoms with Gasteiger partial charge in [-0.3, -0.25) is 9.59 Å². The Labute approximate surface area is 153 Å². The molecule has 1 fully saturated rings. The average molecular weight is 349 g/mol. The molecule has 2 amide bonds. The molecule has 0 unspecified atom stereocenters. The van der Waals surface area contributed by atoms with E-state index in [4.69, 9.17) is 0 Å². The van der Waals surface area contributed by atoms with Crippen LogP contribution in [0.2, 0.25) is 0 Å². The van der Waals surface area contributed by atoms with Gasteiger partial charge in [0.25, 0.3) is 0 Å². The Morgan fingerprint density at radius 2 is 1.88 bits per heavy atom. The van der Waals surface area contributed by atoms with Gasteiger partial charge in [-0.1, -0.05) is 48.9 Å². The Kier molecular flexibility index (Phi) is 5.46. The van der Waals surface area contributed by atoms with Gasteiger partial charge in [-0.2, -0.15) is 5.10 Å². The van der Waals surface area contributed by atoms with E-state index in [1.165, 1.54) is 5.56 Å². The van der Waals surface area contributed by atoms with Gasteiger partial charge in [0, 0.05) is 18.7 Å². The van der Waals surface area contributed by atoms with Crippen LogP contribution in [0.4, 0.5) is 5.69 Å². The van der Waals surface area contributed by atoms with Crippen LogP contribution in [0.15, 0.2) is 53.6 Å². The van der Waals surface area contributed by atoms with Gasteiger partial charge in [0.2, 0.25) is 11.8 Å². The van der Waals surface area contributed by atoms with Gasteiger partial charge in [0.15, 0.2) is 0 Å². The van der Waals surface area contributed by atoms with Gasteiger partial charge in [-0.05, 0) is 36.6 Å². The number of carbonyl (C=O) groups excluding carboxylic acids is 2. The van der Waals surface area contributed by atoms with Gasteiger partial charge in [0.05, 0.1) is 12.1 Å². The standard InChI is InChI=1S/C21H23N3O2/c1-3-16-6-8-17(9-7-16)13-22-23-21(26)18-12-20(25)24(14-18)19-10-4-15(2)5-11-19/h4-11,13,18H,3,12,14H2,1-2H3,(H,23,26)/t18-/m1/s1. The van der Waals surface area contributed by atoms with Crippen molar-refractivity contribution in [2.45, 2.75) is 26.7 Å². The third-order valence-electron chi connectivity index (χ3n) is 4.62. The third-order valence-corrected chi connectivity index (χ3v) is 4.62. The molecule has 1 atom stereocenters. The lowest BCUT2D eigenvalue weighted by molar-refractivity contribution is -0.126. The van der Waals surface area contributed by atoms with Crippen molar-refractivity contribution in [2.24, 2.45) is 11.0 Å². The second-order valence-corrected chi connectivity index (χ2v) is 6.57. The van der Waals surface area contributed by atoms with E-state index in [0.29, 0.717) is 6.54 Å². The third kappa shape index (κ3) is 4.17. The number of hydrogen-bond acceptors (Lipinski definition) is 3.